The molecule has 0 radical (unpaired) electrons. The maximum absolute atomic E-state index is 13.0. The van der Waals surface area contributed by atoms with Gasteiger partial charge in [0.25, 0.3) is 5.91 Å². The van der Waals surface area contributed by atoms with E-state index in [2.05, 4.69) is 9.64 Å². The smallest absolute Gasteiger partial charge is 0.387 e. The van der Waals surface area contributed by atoms with Crippen LogP contribution in [0.25, 0.3) is 0 Å². The van der Waals surface area contributed by atoms with Crippen LogP contribution in [0.5, 0.6) is 17.2 Å². The van der Waals surface area contributed by atoms with E-state index in [-0.39, 0.29) is 23.0 Å². The maximum atomic E-state index is 13.0. The summed E-state index contributed by atoms with van der Waals surface area (Å²) in [6.07, 6.45) is 0. The molecule has 1 aliphatic rings. The van der Waals surface area contributed by atoms with E-state index in [0.717, 1.165) is 11.4 Å². The molecule has 2 aromatic carbocycles. The molecular weight excluding hydrogens is 382 g/mol. The first kappa shape index (κ1) is 20.7. The minimum atomic E-state index is -3.05. The van der Waals surface area contributed by atoms with Crippen LogP contribution >= 0.6 is 0 Å². The van der Waals surface area contributed by atoms with Gasteiger partial charge in [0.2, 0.25) is 0 Å². The fraction of sp³-hybridized carbons (Fsp3) is 0.381. The Balaban J connectivity index is 1.74. The molecule has 3 rings (SSSR count). The third kappa shape index (κ3) is 4.70. The van der Waals surface area contributed by atoms with Crippen LogP contribution in [0.1, 0.15) is 17.3 Å². The number of hydrogen-bond acceptors (Lipinski definition) is 5. The van der Waals surface area contributed by atoms with Gasteiger partial charge < -0.3 is 24.0 Å². The van der Waals surface area contributed by atoms with Gasteiger partial charge in [0.05, 0.1) is 25.0 Å². The summed E-state index contributed by atoms with van der Waals surface area (Å²) in [5, 5.41) is 0. The first-order valence-corrected chi connectivity index (χ1v) is 9.43. The molecule has 0 aliphatic carbocycles. The number of nitrogens with zero attached hydrogens (tertiary/aromatic N) is 2. The van der Waals surface area contributed by atoms with Crippen molar-refractivity contribution in [1.29, 1.82) is 0 Å². The maximum Gasteiger partial charge on any atom is 0.387 e. The predicted octanol–water partition coefficient (Wildman–Crippen LogP) is 3.66. The summed E-state index contributed by atoms with van der Waals surface area (Å²) >= 11 is 0. The molecule has 29 heavy (non-hydrogen) atoms. The van der Waals surface area contributed by atoms with Crippen molar-refractivity contribution in [3.8, 4) is 17.2 Å². The van der Waals surface area contributed by atoms with Crippen LogP contribution in [0.15, 0.2) is 42.5 Å². The van der Waals surface area contributed by atoms with Crippen LogP contribution in [-0.2, 0) is 0 Å². The Morgan fingerprint density at radius 1 is 1.03 bits per heavy atom. The Hall–Kier alpha value is -3.03. The van der Waals surface area contributed by atoms with Crippen LogP contribution < -0.4 is 19.1 Å². The lowest BCUT2D eigenvalue weighted by atomic mass is 10.1. The van der Waals surface area contributed by atoms with Crippen molar-refractivity contribution in [3.05, 3.63) is 48.0 Å². The third-order valence-corrected chi connectivity index (χ3v) is 4.71. The number of para-hydroxylation sites is 3. The number of ether oxygens (including phenoxy) is 3. The van der Waals surface area contributed by atoms with Gasteiger partial charge in [0, 0.05) is 26.2 Å². The molecule has 156 valence electrons. The molecule has 0 N–H and O–H groups in total. The van der Waals surface area contributed by atoms with Gasteiger partial charge in [-0.25, -0.2) is 0 Å². The zero-order valence-electron chi connectivity index (χ0n) is 16.4. The Morgan fingerprint density at radius 3 is 2.38 bits per heavy atom. The number of amides is 1. The molecule has 0 saturated carbocycles. The predicted molar refractivity (Wildman–Crippen MR) is 105 cm³/mol. The van der Waals surface area contributed by atoms with Gasteiger partial charge >= 0.3 is 6.61 Å². The average molecular weight is 406 g/mol. The lowest BCUT2D eigenvalue weighted by Crippen LogP contribution is -2.49. The SMILES string of the molecule is CCOc1ccccc1N1CCN(C(=O)c2cccc(OC)c2OC(F)F)CC1. The summed E-state index contributed by atoms with van der Waals surface area (Å²) in [6, 6.07) is 12.3. The molecule has 0 aromatic heterocycles. The molecule has 1 fully saturated rings. The van der Waals surface area contributed by atoms with E-state index in [1.165, 1.54) is 19.2 Å². The molecule has 0 unspecified atom stereocenters. The van der Waals surface area contributed by atoms with Crippen molar-refractivity contribution in [3.63, 3.8) is 0 Å². The number of hydrogen-bond donors (Lipinski definition) is 0. The molecule has 0 spiro atoms. The first-order chi connectivity index (χ1) is 14.0. The Bertz CT molecular complexity index is 839. The summed E-state index contributed by atoms with van der Waals surface area (Å²) in [4.78, 5) is 16.8. The van der Waals surface area contributed by atoms with Crippen LogP contribution in [0.4, 0.5) is 14.5 Å². The number of halogens is 2. The second-order valence-corrected chi connectivity index (χ2v) is 6.40. The summed E-state index contributed by atoms with van der Waals surface area (Å²) < 4.78 is 41.0. The van der Waals surface area contributed by atoms with Crippen LogP contribution in [0.2, 0.25) is 0 Å². The summed E-state index contributed by atoms with van der Waals surface area (Å²) in [5.74, 6) is 0.298. The molecule has 1 amide bonds. The number of carbonyl (C=O) groups excluding carboxylic acids is 1. The second-order valence-electron chi connectivity index (χ2n) is 6.40. The van der Waals surface area contributed by atoms with Gasteiger partial charge in [0.15, 0.2) is 11.5 Å². The topological polar surface area (TPSA) is 51.2 Å². The van der Waals surface area contributed by atoms with Crippen molar-refractivity contribution in [2.45, 2.75) is 13.5 Å². The molecule has 6 nitrogen and oxygen atoms in total. The average Bonchev–Trinajstić information content (AvgIpc) is 2.74. The summed E-state index contributed by atoms with van der Waals surface area (Å²) in [5.41, 5.74) is 1.04. The van der Waals surface area contributed by atoms with Gasteiger partial charge in [-0.3, -0.25) is 4.79 Å². The van der Waals surface area contributed by atoms with E-state index in [1.807, 2.05) is 31.2 Å². The monoisotopic (exact) mass is 406 g/mol. The fourth-order valence-corrected chi connectivity index (χ4v) is 3.37. The van der Waals surface area contributed by atoms with Crippen molar-refractivity contribution < 1.29 is 27.8 Å². The minimum Gasteiger partial charge on any atom is -0.493 e. The normalized spacial score (nSPS) is 14.1. The number of carbonyl (C=O) groups is 1. The Kier molecular flexibility index (Phi) is 6.74. The highest BCUT2D eigenvalue weighted by molar-refractivity contribution is 5.98. The van der Waals surface area contributed by atoms with Crippen molar-refractivity contribution >= 4 is 11.6 Å². The second kappa shape index (κ2) is 9.45. The number of alkyl halides is 2. The van der Waals surface area contributed by atoms with Crippen molar-refractivity contribution in [2.75, 3.05) is 44.8 Å². The Labute approximate surface area is 168 Å². The zero-order valence-corrected chi connectivity index (χ0v) is 16.4. The molecule has 0 bridgehead atoms. The number of benzene rings is 2. The van der Waals surface area contributed by atoms with E-state index in [9.17, 15) is 13.6 Å². The van der Waals surface area contributed by atoms with E-state index < -0.39 is 6.61 Å². The van der Waals surface area contributed by atoms with E-state index in [4.69, 9.17) is 9.47 Å². The number of anilines is 1. The molecule has 2 aromatic rings. The van der Waals surface area contributed by atoms with E-state index in [0.29, 0.717) is 32.8 Å². The Morgan fingerprint density at radius 2 is 1.72 bits per heavy atom. The standard InChI is InChI=1S/C21H24F2N2O4/c1-3-28-17-9-5-4-8-16(17)24-11-13-25(14-12-24)20(26)15-7-6-10-18(27-2)19(15)29-21(22)23/h4-10,21H,3,11-14H2,1-2H3. The number of piperazine rings is 1. The van der Waals surface area contributed by atoms with Crippen LogP contribution in [-0.4, -0.2) is 57.3 Å². The molecular formula is C21H24F2N2O4. The van der Waals surface area contributed by atoms with Gasteiger partial charge in [0.1, 0.15) is 5.75 Å². The lowest BCUT2D eigenvalue weighted by molar-refractivity contribution is -0.0516. The molecule has 1 aliphatic heterocycles. The highest BCUT2D eigenvalue weighted by atomic mass is 19.3. The molecule has 8 heteroatoms. The largest absolute Gasteiger partial charge is 0.493 e. The molecule has 1 saturated heterocycles. The van der Waals surface area contributed by atoms with Gasteiger partial charge in [-0.15, -0.1) is 0 Å². The number of rotatable bonds is 7. The number of methoxy groups -OCH3 is 1. The molecule has 0 atom stereocenters. The fourth-order valence-electron chi connectivity index (χ4n) is 3.37. The van der Waals surface area contributed by atoms with Gasteiger partial charge in [-0.2, -0.15) is 8.78 Å². The highest BCUT2D eigenvalue weighted by Crippen LogP contribution is 2.34. The summed E-state index contributed by atoms with van der Waals surface area (Å²) in [7, 11) is 1.34. The zero-order chi connectivity index (χ0) is 20.8. The highest BCUT2D eigenvalue weighted by Gasteiger charge is 2.27. The van der Waals surface area contributed by atoms with Crippen molar-refractivity contribution in [2.24, 2.45) is 0 Å². The van der Waals surface area contributed by atoms with Gasteiger partial charge in [-0.05, 0) is 31.2 Å². The third-order valence-electron chi connectivity index (χ3n) is 4.71. The van der Waals surface area contributed by atoms with E-state index >= 15 is 0 Å². The van der Waals surface area contributed by atoms with E-state index in [1.54, 1.807) is 11.0 Å². The van der Waals surface area contributed by atoms with Crippen LogP contribution in [0, 0.1) is 0 Å². The summed E-state index contributed by atoms with van der Waals surface area (Å²) in [6.45, 7) is 1.55. The molecule has 1 heterocycles. The minimum absolute atomic E-state index is 0.0628. The lowest BCUT2D eigenvalue weighted by Gasteiger charge is -2.37. The van der Waals surface area contributed by atoms with Crippen LogP contribution in [0.3, 0.4) is 0 Å². The van der Waals surface area contributed by atoms with Crippen molar-refractivity contribution in [1.82, 2.24) is 4.90 Å². The first-order valence-electron chi connectivity index (χ1n) is 9.43. The van der Waals surface area contributed by atoms with Gasteiger partial charge in [-0.1, -0.05) is 18.2 Å². The quantitative estimate of drug-likeness (QED) is 0.703.